The largest absolute Gasteiger partial charge is 0.463 e. The van der Waals surface area contributed by atoms with Crippen LogP contribution in [0.1, 0.15) is 56.2 Å². The number of ether oxygens (including phenoxy) is 1. The molecule has 2 N–H and O–H groups in total. The summed E-state index contributed by atoms with van der Waals surface area (Å²) in [4.78, 5) is 30.5. The van der Waals surface area contributed by atoms with Crippen molar-refractivity contribution in [2.45, 2.75) is 58.0 Å². The van der Waals surface area contributed by atoms with Gasteiger partial charge < -0.3 is 20.3 Å². The molecule has 0 radical (unpaired) electrons. The fraction of sp³-hybridized carbons (Fsp3) is 0.600. The molecule has 0 saturated carbocycles. The first kappa shape index (κ1) is 22.8. The van der Waals surface area contributed by atoms with Gasteiger partial charge in [-0.05, 0) is 58.2 Å². The van der Waals surface area contributed by atoms with Gasteiger partial charge in [0, 0.05) is 31.4 Å². The van der Waals surface area contributed by atoms with Crippen molar-refractivity contribution in [2.24, 2.45) is 0 Å². The first-order valence-electron chi connectivity index (χ1n) is 12.1. The normalized spacial score (nSPS) is 23.6. The van der Waals surface area contributed by atoms with E-state index in [9.17, 15) is 9.59 Å². The minimum Gasteiger partial charge on any atom is -0.463 e. The average Bonchev–Trinajstić information content (AvgIpc) is 2.80. The molecule has 0 bridgehead atoms. The molecule has 7 nitrogen and oxygen atoms in total. The summed E-state index contributed by atoms with van der Waals surface area (Å²) >= 11 is 0. The zero-order chi connectivity index (χ0) is 22.5. The highest BCUT2D eigenvalue weighted by molar-refractivity contribution is 5.95. The lowest BCUT2D eigenvalue weighted by Gasteiger charge is -2.41. The first-order chi connectivity index (χ1) is 15.5. The predicted octanol–water partition coefficient (Wildman–Crippen LogP) is 3.12. The number of amides is 2. The lowest BCUT2D eigenvalue weighted by molar-refractivity contribution is -0.139. The highest BCUT2D eigenvalue weighted by atomic mass is 16.5. The minimum absolute atomic E-state index is 0.276. The van der Waals surface area contributed by atoms with Gasteiger partial charge in [-0.3, -0.25) is 4.90 Å². The number of esters is 1. The third-order valence-electron chi connectivity index (χ3n) is 6.91. The Morgan fingerprint density at radius 1 is 1.06 bits per heavy atom. The second-order valence-corrected chi connectivity index (χ2v) is 9.16. The summed E-state index contributed by atoms with van der Waals surface area (Å²) in [6.45, 7) is 9.07. The van der Waals surface area contributed by atoms with Crippen LogP contribution in [0, 0.1) is 6.92 Å². The number of nitrogens with one attached hydrogen (secondary N) is 2. The molecule has 2 saturated heterocycles. The fourth-order valence-electron chi connectivity index (χ4n) is 5.15. The van der Waals surface area contributed by atoms with Crippen molar-refractivity contribution in [3.8, 4) is 0 Å². The summed E-state index contributed by atoms with van der Waals surface area (Å²) in [5.74, 6) is -0.372. The van der Waals surface area contributed by atoms with Gasteiger partial charge in [0.25, 0.3) is 0 Å². The number of rotatable bonds is 6. The van der Waals surface area contributed by atoms with E-state index in [2.05, 4.69) is 20.4 Å². The molecule has 174 valence electrons. The second-order valence-electron chi connectivity index (χ2n) is 9.16. The van der Waals surface area contributed by atoms with Crippen molar-refractivity contribution in [3.63, 3.8) is 0 Å². The number of nitrogens with zero attached hydrogens (tertiary/aromatic N) is 2. The number of likely N-dealkylation sites (tertiary alicyclic amines) is 2. The van der Waals surface area contributed by atoms with Crippen LogP contribution < -0.4 is 10.6 Å². The van der Waals surface area contributed by atoms with Crippen LogP contribution in [0.3, 0.4) is 0 Å². The molecule has 2 amide bonds. The topological polar surface area (TPSA) is 73.9 Å². The highest BCUT2D eigenvalue weighted by Gasteiger charge is 2.35. The number of hydrogen-bond acceptors (Lipinski definition) is 5. The molecule has 3 aliphatic heterocycles. The number of aryl methyl sites for hydroxylation is 1. The number of benzene rings is 1. The Balaban J connectivity index is 1.52. The van der Waals surface area contributed by atoms with E-state index in [4.69, 9.17) is 4.74 Å². The Morgan fingerprint density at radius 2 is 1.75 bits per heavy atom. The number of hydrogen-bond donors (Lipinski definition) is 2. The third-order valence-corrected chi connectivity index (χ3v) is 6.91. The number of urea groups is 1. The van der Waals surface area contributed by atoms with Gasteiger partial charge in [0.05, 0.1) is 18.2 Å². The van der Waals surface area contributed by atoms with Crippen molar-refractivity contribution in [2.75, 3.05) is 39.3 Å². The van der Waals surface area contributed by atoms with Crippen LogP contribution >= 0.6 is 0 Å². The maximum atomic E-state index is 13.0. The van der Waals surface area contributed by atoms with E-state index in [-0.39, 0.29) is 12.0 Å². The molecule has 0 spiro atoms. The number of carbonyl (C=O) groups excluding carboxylic acids is 2. The maximum absolute atomic E-state index is 13.0. The van der Waals surface area contributed by atoms with Crippen LogP contribution in [0.15, 0.2) is 35.5 Å². The standard InChI is InChI=1S/C25H36N4O3/c1-3-32-24(30)22-21(26-25(31)27-23(22)19-9-7-18(2)8-10-19)17-28-15-11-20(12-16-28)29-13-5-4-6-14-29/h7-10,20,23H,3-6,11-17H2,1-2H3,(H2,26,27,31). The van der Waals surface area contributed by atoms with E-state index in [1.54, 1.807) is 6.92 Å². The first-order valence-corrected chi connectivity index (χ1v) is 12.1. The molecule has 1 unspecified atom stereocenters. The molecular weight excluding hydrogens is 404 g/mol. The zero-order valence-electron chi connectivity index (χ0n) is 19.4. The Kier molecular flexibility index (Phi) is 7.48. The van der Waals surface area contributed by atoms with Crippen molar-refractivity contribution in [1.29, 1.82) is 0 Å². The zero-order valence-corrected chi connectivity index (χ0v) is 19.4. The molecule has 3 heterocycles. The molecule has 0 aromatic heterocycles. The Bertz CT molecular complexity index is 837. The van der Waals surface area contributed by atoms with Gasteiger partial charge in [0.15, 0.2) is 0 Å². The fourth-order valence-corrected chi connectivity index (χ4v) is 5.15. The van der Waals surface area contributed by atoms with E-state index in [0.29, 0.717) is 30.5 Å². The summed E-state index contributed by atoms with van der Waals surface area (Å²) in [6, 6.07) is 7.80. The minimum atomic E-state index is -0.510. The van der Waals surface area contributed by atoms with Crippen LogP contribution in [0.2, 0.25) is 0 Å². The molecular formula is C25H36N4O3. The molecule has 1 aromatic carbocycles. The Morgan fingerprint density at radius 3 is 2.41 bits per heavy atom. The van der Waals surface area contributed by atoms with Crippen molar-refractivity contribution < 1.29 is 14.3 Å². The lowest BCUT2D eigenvalue weighted by atomic mass is 9.94. The van der Waals surface area contributed by atoms with Crippen LogP contribution in [0.4, 0.5) is 4.79 Å². The highest BCUT2D eigenvalue weighted by Crippen LogP contribution is 2.29. The molecule has 4 rings (SSSR count). The molecule has 32 heavy (non-hydrogen) atoms. The molecule has 0 aliphatic carbocycles. The van der Waals surface area contributed by atoms with Crippen LogP contribution in [-0.4, -0.2) is 67.2 Å². The van der Waals surface area contributed by atoms with Crippen LogP contribution in [0.5, 0.6) is 0 Å². The predicted molar refractivity (Wildman–Crippen MR) is 124 cm³/mol. The smallest absolute Gasteiger partial charge is 0.338 e. The number of piperidine rings is 2. The van der Waals surface area contributed by atoms with E-state index >= 15 is 0 Å². The average molecular weight is 441 g/mol. The Hall–Kier alpha value is -2.38. The molecule has 1 atom stereocenters. The van der Waals surface area contributed by atoms with E-state index in [1.165, 1.54) is 32.4 Å². The maximum Gasteiger partial charge on any atom is 0.338 e. The van der Waals surface area contributed by atoms with Gasteiger partial charge in [-0.15, -0.1) is 0 Å². The monoisotopic (exact) mass is 440 g/mol. The molecule has 1 aromatic rings. The van der Waals surface area contributed by atoms with Crippen LogP contribution in [-0.2, 0) is 9.53 Å². The van der Waals surface area contributed by atoms with Crippen LogP contribution in [0.25, 0.3) is 0 Å². The SMILES string of the molecule is CCOC(=O)C1=C(CN2CCC(N3CCCCC3)CC2)NC(=O)NC1c1ccc(C)cc1. The summed E-state index contributed by atoms with van der Waals surface area (Å²) < 4.78 is 5.39. The van der Waals surface area contributed by atoms with Gasteiger partial charge in [-0.2, -0.15) is 0 Å². The summed E-state index contributed by atoms with van der Waals surface area (Å²) in [6.07, 6.45) is 6.26. The summed E-state index contributed by atoms with van der Waals surface area (Å²) in [5.41, 5.74) is 3.19. The van der Waals surface area contributed by atoms with Crippen molar-refractivity contribution >= 4 is 12.0 Å². The van der Waals surface area contributed by atoms with E-state index < -0.39 is 6.04 Å². The van der Waals surface area contributed by atoms with E-state index in [0.717, 1.165) is 37.1 Å². The molecule has 2 fully saturated rings. The van der Waals surface area contributed by atoms with Gasteiger partial charge in [0.1, 0.15) is 0 Å². The number of carbonyl (C=O) groups is 2. The van der Waals surface area contributed by atoms with E-state index in [1.807, 2.05) is 31.2 Å². The van der Waals surface area contributed by atoms with Gasteiger partial charge >= 0.3 is 12.0 Å². The van der Waals surface area contributed by atoms with Gasteiger partial charge in [-0.25, -0.2) is 9.59 Å². The molecule has 3 aliphatic rings. The van der Waals surface area contributed by atoms with Gasteiger partial charge in [-0.1, -0.05) is 36.2 Å². The third kappa shape index (κ3) is 5.33. The lowest BCUT2D eigenvalue weighted by Crippen LogP contribution is -2.51. The second kappa shape index (κ2) is 10.5. The van der Waals surface area contributed by atoms with Crippen molar-refractivity contribution in [3.05, 3.63) is 46.7 Å². The summed E-state index contributed by atoms with van der Waals surface area (Å²) in [7, 11) is 0. The molecule has 7 heteroatoms. The van der Waals surface area contributed by atoms with Gasteiger partial charge in [0.2, 0.25) is 0 Å². The van der Waals surface area contributed by atoms with Crippen molar-refractivity contribution in [1.82, 2.24) is 20.4 Å². The Labute approximate surface area is 191 Å². The quantitative estimate of drug-likeness (QED) is 0.665. The summed E-state index contributed by atoms with van der Waals surface area (Å²) in [5, 5.41) is 5.84.